The smallest absolute Gasteiger partial charge is 0.337 e. The van der Waals surface area contributed by atoms with Gasteiger partial charge >= 0.3 is 5.97 Å². The fraction of sp³-hybridized carbons (Fsp3) is 0.154. The second-order valence-electron chi connectivity index (χ2n) is 3.72. The van der Waals surface area contributed by atoms with Crippen molar-refractivity contribution in [2.45, 2.75) is 13.5 Å². The maximum atomic E-state index is 11.0. The van der Waals surface area contributed by atoms with Gasteiger partial charge in [0.1, 0.15) is 11.5 Å². The lowest BCUT2D eigenvalue weighted by Gasteiger charge is -2.07. The summed E-state index contributed by atoms with van der Waals surface area (Å²) in [6, 6.07) is 10.5. The number of rotatable bonds is 4. The molecule has 0 aliphatic heterocycles. The molecule has 0 atom stereocenters. The van der Waals surface area contributed by atoms with E-state index in [1.165, 1.54) is 0 Å². The maximum Gasteiger partial charge on any atom is 0.337 e. The van der Waals surface area contributed by atoms with Gasteiger partial charge in [-0.2, -0.15) is 0 Å². The van der Waals surface area contributed by atoms with Gasteiger partial charge in [-0.3, -0.25) is 0 Å². The van der Waals surface area contributed by atoms with Crippen molar-refractivity contribution in [3.05, 3.63) is 53.5 Å². The highest BCUT2D eigenvalue weighted by Crippen LogP contribution is 2.16. The summed E-state index contributed by atoms with van der Waals surface area (Å²) in [6.45, 7) is 2.34. The van der Waals surface area contributed by atoms with Gasteiger partial charge in [0.25, 0.3) is 0 Å². The van der Waals surface area contributed by atoms with Crippen LogP contribution in [0.25, 0.3) is 0 Å². The Labute approximate surface area is 98.9 Å². The summed E-state index contributed by atoms with van der Waals surface area (Å²) in [7, 11) is 0. The van der Waals surface area contributed by atoms with Crippen molar-refractivity contribution in [2.24, 2.45) is 0 Å². The first kappa shape index (κ1) is 11.3. The Kier molecular flexibility index (Phi) is 3.14. The number of aromatic carboxylic acids is 1. The van der Waals surface area contributed by atoms with E-state index in [4.69, 9.17) is 9.52 Å². The third kappa shape index (κ3) is 2.66. The van der Waals surface area contributed by atoms with Crippen LogP contribution in [0.5, 0.6) is 0 Å². The van der Waals surface area contributed by atoms with Gasteiger partial charge in [-0.1, -0.05) is 12.1 Å². The number of hydrogen-bond acceptors (Lipinski definition) is 3. The fourth-order valence-electron chi connectivity index (χ4n) is 1.59. The quantitative estimate of drug-likeness (QED) is 0.849. The highest BCUT2D eigenvalue weighted by molar-refractivity contribution is 5.94. The number of carboxylic acid groups (broad SMARTS) is 1. The highest BCUT2D eigenvalue weighted by Gasteiger charge is 2.08. The number of benzene rings is 1. The zero-order chi connectivity index (χ0) is 12.3. The Hall–Kier alpha value is -2.23. The van der Waals surface area contributed by atoms with E-state index in [0.717, 1.165) is 11.5 Å². The summed E-state index contributed by atoms with van der Waals surface area (Å²) in [5.74, 6) is 0.680. The first-order chi connectivity index (χ1) is 8.16. The van der Waals surface area contributed by atoms with Crippen LogP contribution >= 0.6 is 0 Å². The van der Waals surface area contributed by atoms with Crippen molar-refractivity contribution < 1.29 is 14.3 Å². The number of furan rings is 1. The largest absolute Gasteiger partial charge is 0.478 e. The zero-order valence-electron chi connectivity index (χ0n) is 9.43. The molecular formula is C13H13NO3. The van der Waals surface area contributed by atoms with Crippen LogP contribution in [-0.2, 0) is 6.54 Å². The molecule has 1 heterocycles. The predicted octanol–water partition coefficient (Wildman–Crippen LogP) is 2.90. The third-order valence-corrected chi connectivity index (χ3v) is 2.41. The lowest BCUT2D eigenvalue weighted by atomic mass is 10.2. The molecule has 4 heteroatoms. The lowest BCUT2D eigenvalue weighted by molar-refractivity contribution is 0.0698. The van der Waals surface area contributed by atoms with Gasteiger partial charge in [-0.15, -0.1) is 0 Å². The molecule has 0 aliphatic carbocycles. The summed E-state index contributed by atoms with van der Waals surface area (Å²) < 4.78 is 5.40. The number of para-hydroxylation sites is 1. The van der Waals surface area contributed by atoms with E-state index >= 15 is 0 Å². The average Bonchev–Trinajstić information content (AvgIpc) is 2.73. The summed E-state index contributed by atoms with van der Waals surface area (Å²) in [6.07, 6.45) is 0. The van der Waals surface area contributed by atoms with Gasteiger partial charge < -0.3 is 14.8 Å². The van der Waals surface area contributed by atoms with E-state index in [1.807, 2.05) is 19.1 Å². The number of anilines is 1. The van der Waals surface area contributed by atoms with E-state index in [-0.39, 0.29) is 5.56 Å². The second-order valence-corrected chi connectivity index (χ2v) is 3.72. The molecule has 2 N–H and O–H groups in total. The fourth-order valence-corrected chi connectivity index (χ4v) is 1.59. The van der Waals surface area contributed by atoms with E-state index in [1.54, 1.807) is 24.3 Å². The SMILES string of the molecule is Cc1ccc(CNc2ccccc2C(=O)O)o1. The molecule has 2 rings (SSSR count). The molecule has 0 saturated heterocycles. The van der Waals surface area contributed by atoms with Crippen molar-refractivity contribution in [1.82, 2.24) is 0 Å². The molecule has 0 aliphatic rings. The van der Waals surface area contributed by atoms with E-state index < -0.39 is 5.97 Å². The topological polar surface area (TPSA) is 62.5 Å². The first-order valence-corrected chi connectivity index (χ1v) is 5.28. The average molecular weight is 231 g/mol. The van der Waals surface area contributed by atoms with Gasteiger partial charge in [-0.25, -0.2) is 4.79 Å². The molecule has 0 unspecified atom stereocenters. The molecule has 0 bridgehead atoms. The number of carbonyl (C=O) groups is 1. The molecule has 0 radical (unpaired) electrons. The van der Waals surface area contributed by atoms with Crippen molar-refractivity contribution >= 4 is 11.7 Å². The Morgan fingerprint density at radius 2 is 2.06 bits per heavy atom. The predicted molar refractivity (Wildman–Crippen MR) is 64.2 cm³/mol. The second kappa shape index (κ2) is 4.74. The molecule has 88 valence electrons. The number of hydrogen-bond donors (Lipinski definition) is 2. The van der Waals surface area contributed by atoms with Crippen LogP contribution in [-0.4, -0.2) is 11.1 Å². The van der Waals surface area contributed by atoms with E-state index in [2.05, 4.69) is 5.32 Å². The molecule has 1 aromatic carbocycles. The van der Waals surface area contributed by atoms with Gasteiger partial charge in [-0.05, 0) is 31.2 Å². The summed E-state index contributed by atoms with van der Waals surface area (Å²) in [5.41, 5.74) is 0.852. The minimum absolute atomic E-state index is 0.260. The van der Waals surface area contributed by atoms with Crippen LogP contribution in [0.4, 0.5) is 5.69 Å². The number of carboxylic acids is 1. The monoisotopic (exact) mass is 231 g/mol. The van der Waals surface area contributed by atoms with Crippen LogP contribution < -0.4 is 5.32 Å². The van der Waals surface area contributed by atoms with Crippen LogP contribution in [0, 0.1) is 6.92 Å². The molecule has 1 aromatic heterocycles. The number of nitrogens with one attached hydrogen (secondary N) is 1. The molecule has 17 heavy (non-hydrogen) atoms. The van der Waals surface area contributed by atoms with Gasteiger partial charge in [0.05, 0.1) is 12.1 Å². The Bertz CT molecular complexity index is 531. The summed E-state index contributed by atoms with van der Waals surface area (Å²) in [5, 5.41) is 12.1. The highest BCUT2D eigenvalue weighted by atomic mass is 16.4. The van der Waals surface area contributed by atoms with Crippen molar-refractivity contribution in [3.8, 4) is 0 Å². The zero-order valence-corrected chi connectivity index (χ0v) is 9.43. The Morgan fingerprint density at radius 1 is 1.29 bits per heavy atom. The van der Waals surface area contributed by atoms with Gasteiger partial charge in [0.15, 0.2) is 0 Å². The van der Waals surface area contributed by atoms with Crippen molar-refractivity contribution in [1.29, 1.82) is 0 Å². The van der Waals surface area contributed by atoms with Crippen molar-refractivity contribution in [2.75, 3.05) is 5.32 Å². The van der Waals surface area contributed by atoms with Crippen molar-refractivity contribution in [3.63, 3.8) is 0 Å². The van der Waals surface area contributed by atoms with Crippen LogP contribution in [0.3, 0.4) is 0 Å². The Balaban J connectivity index is 2.11. The van der Waals surface area contributed by atoms with E-state index in [9.17, 15) is 4.79 Å². The van der Waals surface area contributed by atoms with Gasteiger partial charge in [0, 0.05) is 5.69 Å². The molecule has 0 saturated carbocycles. The summed E-state index contributed by atoms with van der Waals surface area (Å²) >= 11 is 0. The van der Waals surface area contributed by atoms with E-state index in [0.29, 0.717) is 12.2 Å². The molecule has 4 nitrogen and oxygen atoms in total. The standard InChI is InChI=1S/C13H13NO3/c1-9-6-7-10(17-9)8-14-12-5-3-2-4-11(12)13(15)16/h2-7,14H,8H2,1H3,(H,15,16). The third-order valence-electron chi connectivity index (χ3n) is 2.41. The van der Waals surface area contributed by atoms with Gasteiger partial charge in [0.2, 0.25) is 0 Å². The summed E-state index contributed by atoms with van der Waals surface area (Å²) in [4.78, 5) is 11.0. The molecule has 0 fully saturated rings. The minimum atomic E-state index is -0.941. The maximum absolute atomic E-state index is 11.0. The number of aryl methyl sites for hydroxylation is 1. The molecule has 2 aromatic rings. The Morgan fingerprint density at radius 3 is 2.71 bits per heavy atom. The van der Waals surface area contributed by atoms with Crippen LogP contribution in [0.1, 0.15) is 21.9 Å². The van der Waals surface area contributed by atoms with Crippen LogP contribution in [0.15, 0.2) is 40.8 Å². The molecule has 0 amide bonds. The minimum Gasteiger partial charge on any atom is -0.478 e. The van der Waals surface area contributed by atoms with Crippen LogP contribution in [0.2, 0.25) is 0 Å². The lowest BCUT2D eigenvalue weighted by Crippen LogP contribution is -2.05. The first-order valence-electron chi connectivity index (χ1n) is 5.28. The normalized spacial score (nSPS) is 10.2. The molecular weight excluding hydrogens is 218 g/mol. The molecule has 0 spiro atoms.